The summed E-state index contributed by atoms with van der Waals surface area (Å²) in [6.45, 7) is 5.66. The van der Waals surface area contributed by atoms with E-state index >= 15 is 0 Å². The van der Waals surface area contributed by atoms with Gasteiger partial charge in [-0.15, -0.1) is 11.3 Å². The number of amides is 2. The first kappa shape index (κ1) is 22.9. The number of aryl methyl sites for hydroxylation is 2. The minimum absolute atomic E-state index is 0.0152. The molecule has 2 heterocycles. The fourth-order valence-electron chi connectivity index (χ4n) is 3.80. The molecule has 7 nitrogen and oxygen atoms in total. The number of aromatic nitrogens is 1. The van der Waals surface area contributed by atoms with Crippen LogP contribution in [0.3, 0.4) is 0 Å². The van der Waals surface area contributed by atoms with Gasteiger partial charge in [-0.25, -0.2) is 4.98 Å². The standard InChI is InChI=1S/C25H28N4O3S/c1-17-4-3-5-22(14-17)32-21-8-6-20(7-9-21)27-23(30)15-29-12-10-19(11-13-29)24(31)28-25-26-18(2)16-33-25/h3-9,14,16,19H,10-13,15H2,1-2H3,(H,27,30)(H,26,28,31). The Bertz CT molecular complexity index is 1100. The van der Waals surface area contributed by atoms with Gasteiger partial charge < -0.3 is 15.4 Å². The zero-order valence-corrected chi connectivity index (χ0v) is 19.7. The number of ether oxygens (including phenoxy) is 1. The van der Waals surface area contributed by atoms with Gasteiger partial charge in [0.25, 0.3) is 0 Å². The number of carbonyl (C=O) groups excluding carboxylic acids is 2. The first-order chi connectivity index (χ1) is 15.9. The Morgan fingerprint density at radius 2 is 1.82 bits per heavy atom. The van der Waals surface area contributed by atoms with Crippen LogP contribution in [0.5, 0.6) is 11.5 Å². The van der Waals surface area contributed by atoms with Crippen LogP contribution in [-0.2, 0) is 9.59 Å². The molecule has 0 aliphatic carbocycles. The minimum Gasteiger partial charge on any atom is -0.457 e. The molecule has 1 saturated heterocycles. The lowest BCUT2D eigenvalue weighted by Crippen LogP contribution is -2.41. The average molecular weight is 465 g/mol. The Labute approximate surface area is 197 Å². The summed E-state index contributed by atoms with van der Waals surface area (Å²) < 4.78 is 5.85. The molecular weight excluding hydrogens is 436 g/mol. The maximum absolute atomic E-state index is 12.5. The Balaban J connectivity index is 1.20. The third-order valence-electron chi connectivity index (χ3n) is 5.54. The molecule has 1 aliphatic rings. The second kappa shape index (κ2) is 10.6. The van der Waals surface area contributed by atoms with Crippen LogP contribution >= 0.6 is 11.3 Å². The predicted octanol–water partition coefficient (Wildman–Crippen LogP) is 4.84. The number of benzene rings is 2. The van der Waals surface area contributed by atoms with E-state index in [4.69, 9.17) is 4.74 Å². The first-order valence-corrected chi connectivity index (χ1v) is 11.9. The summed E-state index contributed by atoms with van der Waals surface area (Å²) >= 11 is 1.44. The number of piperidine rings is 1. The Kier molecular flexibility index (Phi) is 7.36. The number of thiazole rings is 1. The summed E-state index contributed by atoms with van der Waals surface area (Å²) in [6.07, 6.45) is 1.46. The largest absolute Gasteiger partial charge is 0.457 e. The molecule has 33 heavy (non-hydrogen) atoms. The van der Waals surface area contributed by atoms with Crippen LogP contribution in [-0.4, -0.2) is 41.3 Å². The Morgan fingerprint density at radius 3 is 2.48 bits per heavy atom. The van der Waals surface area contributed by atoms with Crippen molar-refractivity contribution in [1.29, 1.82) is 0 Å². The molecular formula is C25H28N4O3S. The number of likely N-dealkylation sites (tertiary alicyclic amines) is 1. The molecule has 0 unspecified atom stereocenters. The molecule has 2 aromatic carbocycles. The van der Waals surface area contributed by atoms with Crippen LogP contribution < -0.4 is 15.4 Å². The third-order valence-corrected chi connectivity index (χ3v) is 6.41. The van der Waals surface area contributed by atoms with Crippen molar-refractivity contribution < 1.29 is 14.3 Å². The monoisotopic (exact) mass is 464 g/mol. The molecule has 4 rings (SSSR count). The van der Waals surface area contributed by atoms with E-state index in [1.165, 1.54) is 11.3 Å². The van der Waals surface area contributed by atoms with Gasteiger partial charge >= 0.3 is 0 Å². The second-order valence-corrected chi connectivity index (χ2v) is 9.18. The van der Waals surface area contributed by atoms with Crippen molar-refractivity contribution in [2.45, 2.75) is 26.7 Å². The van der Waals surface area contributed by atoms with Crippen LogP contribution in [0.25, 0.3) is 0 Å². The molecule has 3 aromatic rings. The molecule has 1 fully saturated rings. The van der Waals surface area contributed by atoms with Gasteiger partial charge in [0.05, 0.1) is 12.2 Å². The van der Waals surface area contributed by atoms with Crippen LogP contribution in [0.2, 0.25) is 0 Å². The molecule has 0 radical (unpaired) electrons. The van der Waals surface area contributed by atoms with Gasteiger partial charge in [-0.1, -0.05) is 12.1 Å². The van der Waals surface area contributed by atoms with Crippen molar-refractivity contribution in [3.63, 3.8) is 0 Å². The van der Waals surface area contributed by atoms with E-state index in [0.29, 0.717) is 30.5 Å². The zero-order chi connectivity index (χ0) is 23.2. The van der Waals surface area contributed by atoms with Crippen molar-refractivity contribution in [3.8, 4) is 11.5 Å². The maximum Gasteiger partial charge on any atom is 0.238 e. The summed E-state index contributed by atoms with van der Waals surface area (Å²) in [5.41, 5.74) is 2.77. The van der Waals surface area contributed by atoms with Crippen molar-refractivity contribution in [2.24, 2.45) is 5.92 Å². The molecule has 1 aromatic heterocycles. The van der Waals surface area contributed by atoms with Crippen molar-refractivity contribution >= 4 is 34.0 Å². The number of anilines is 2. The highest BCUT2D eigenvalue weighted by Gasteiger charge is 2.26. The van der Waals surface area contributed by atoms with E-state index in [9.17, 15) is 9.59 Å². The second-order valence-electron chi connectivity index (χ2n) is 8.32. The van der Waals surface area contributed by atoms with Gasteiger partial charge in [-0.2, -0.15) is 0 Å². The molecule has 8 heteroatoms. The lowest BCUT2D eigenvalue weighted by molar-refractivity contribution is -0.121. The smallest absolute Gasteiger partial charge is 0.238 e. The molecule has 172 valence electrons. The fourth-order valence-corrected chi connectivity index (χ4v) is 4.49. The van der Waals surface area contributed by atoms with E-state index < -0.39 is 0 Å². The van der Waals surface area contributed by atoms with Crippen LogP contribution in [0, 0.1) is 19.8 Å². The highest BCUT2D eigenvalue weighted by molar-refractivity contribution is 7.13. The number of hydrogen-bond acceptors (Lipinski definition) is 6. The van der Waals surface area contributed by atoms with Crippen LogP contribution in [0.1, 0.15) is 24.1 Å². The average Bonchev–Trinajstić information content (AvgIpc) is 3.20. The third kappa shape index (κ3) is 6.63. The van der Waals surface area contributed by atoms with E-state index in [1.807, 2.05) is 67.8 Å². The topological polar surface area (TPSA) is 83.6 Å². The van der Waals surface area contributed by atoms with Crippen molar-refractivity contribution in [2.75, 3.05) is 30.3 Å². The normalized spacial score (nSPS) is 14.6. The van der Waals surface area contributed by atoms with Crippen molar-refractivity contribution in [3.05, 3.63) is 65.2 Å². The summed E-state index contributed by atoms with van der Waals surface area (Å²) in [4.78, 5) is 31.3. The number of nitrogens with zero attached hydrogens (tertiary/aromatic N) is 2. The quantitative estimate of drug-likeness (QED) is 0.523. The molecule has 0 bridgehead atoms. The number of hydrogen-bond donors (Lipinski definition) is 2. The van der Waals surface area contributed by atoms with E-state index in [0.717, 1.165) is 35.5 Å². The highest BCUT2D eigenvalue weighted by Crippen LogP contribution is 2.24. The summed E-state index contributed by atoms with van der Waals surface area (Å²) in [5.74, 6) is 1.40. The SMILES string of the molecule is Cc1cccc(Oc2ccc(NC(=O)CN3CCC(C(=O)Nc4nc(C)cs4)CC3)cc2)c1. The van der Waals surface area contributed by atoms with Gasteiger partial charge in [0, 0.05) is 17.0 Å². The molecule has 2 N–H and O–H groups in total. The van der Waals surface area contributed by atoms with Gasteiger partial charge in [0.2, 0.25) is 11.8 Å². The zero-order valence-electron chi connectivity index (χ0n) is 18.8. The van der Waals surface area contributed by atoms with Gasteiger partial charge in [-0.3, -0.25) is 14.5 Å². The Morgan fingerprint density at radius 1 is 1.06 bits per heavy atom. The van der Waals surface area contributed by atoms with E-state index in [-0.39, 0.29) is 17.7 Å². The summed E-state index contributed by atoms with van der Waals surface area (Å²) in [6, 6.07) is 15.2. The van der Waals surface area contributed by atoms with Gasteiger partial charge in [0.15, 0.2) is 5.13 Å². The molecule has 0 saturated carbocycles. The van der Waals surface area contributed by atoms with Gasteiger partial charge in [0.1, 0.15) is 11.5 Å². The minimum atomic E-state index is -0.0662. The van der Waals surface area contributed by atoms with Crippen molar-refractivity contribution in [1.82, 2.24) is 9.88 Å². The molecule has 0 spiro atoms. The predicted molar refractivity (Wildman–Crippen MR) is 131 cm³/mol. The fraction of sp³-hybridized carbons (Fsp3) is 0.320. The maximum atomic E-state index is 12.5. The number of nitrogens with one attached hydrogen (secondary N) is 2. The first-order valence-electron chi connectivity index (χ1n) is 11.0. The summed E-state index contributed by atoms with van der Waals surface area (Å²) in [5, 5.41) is 8.41. The van der Waals surface area contributed by atoms with E-state index in [1.54, 1.807) is 0 Å². The number of rotatable bonds is 7. The Hall–Kier alpha value is -3.23. The lowest BCUT2D eigenvalue weighted by Gasteiger charge is -2.30. The van der Waals surface area contributed by atoms with E-state index in [2.05, 4.69) is 20.5 Å². The van der Waals surface area contributed by atoms with Crippen LogP contribution in [0.4, 0.5) is 10.8 Å². The summed E-state index contributed by atoms with van der Waals surface area (Å²) in [7, 11) is 0. The lowest BCUT2D eigenvalue weighted by atomic mass is 9.96. The highest BCUT2D eigenvalue weighted by atomic mass is 32.1. The van der Waals surface area contributed by atoms with Crippen LogP contribution in [0.15, 0.2) is 53.9 Å². The van der Waals surface area contributed by atoms with Gasteiger partial charge in [-0.05, 0) is 81.7 Å². The molecule has 2 amide bonds. The molecule has 1 aliphatic heterocycles. The molecule has 0 atom stereocenters. The number of carbonyl (C=O) groups is 2.